The Morgan fingerprint density at radius 1 is 0.625 bits per heavy atom. The molecule has 1 nitrogen and oxygen atoms in total. The molecule has 0 N–H and O–H groups in total. The molecule has 1 heteroatoms. The number of rotatable bonds is 16. The Bertz CT molecular complexity index is 251. The molecule has 0 amide bonds. The molecule has 24 heavy (non-hydrogen) atoms. The minimum Gasteiger partial charge on any atom is -0.381 e. The molecule has 0 aliphatic carbocycles. The average Bonchev–Trinajstić information content (AvgIpc) is 2.47. The van der Waals surface area contributed by atoms with Crippen molar-refractivity contribution in [2.75, 3.05) is 13.2 Å². The molecule has 0 saturated heterocycles. The minimum atomic E-state index is 0.517. The summed E-state index contributed by atoms with van der Waals surface area (Å²) in [5.74, 6) is 1.68. The molecule has 0 aliphatic heterocycles. The average molecular weight is 341 g/mol. The van der Waals surface area contributed by atoms with Crippen LogP contribution in [0.5, 0.6) is 0 Å². The summed E-state index contributed by atoms with van der Waals surface area (Å²) in [6, 6.07) is 0. The highest BCUT2D eigenvalue weighted by molar-refractivity contribution is 4.61. The summed E-state index contributed by atoms with van der Waals surface area (Å²) in [7, 11) is 0. The predicted molar refractivity (Wildman–Crippen MR) is 110 cm³/mol. The second-order valence-corrected chi connectivity index (χ2v) is 9.62. The van der Waals surface area contributed by atoms with Crippen LogP contribution in [0.25, 0.3) is 0 Å². The van der Waals surface area contributed by atoms with Crippen LogP contribution in [0.3, 0.4) is 0 Å². The first kappa shape index (κ1) is 24.0. The lowest BCUT2D eigenvalue weighted by atomic mass is 9.89. The molecule has 0 bridgehead atoms. The summed E-state index contributed by atoms with van der Waals surface area (Å²) in [5, 5.41) is 0. The lowest BCUT2D eigenvalue weighted by Gasteiger charge is -2.17. The largest absolute Gasteiger partial charge is 0.381 e. The summed E-state index contributed by atoms with van der Waals surface area (Å²) >= 11 is 0. The first-order chi connectivity index (χ1) is 11.3. The molecule has 1 unspecified atom stereocenters. The summed E-state index contributed by atoms with van der Waals surface area (Å²) in [4.78, 5) is 0. The van der Waals surface area contributed by atoms with Gasteiger partial charge >= 0.3 is 0 Å². The monoisotopic (exact) mass is 340 g/mol. The van der Waals surface area contributed by atoms with Crippen LogP contribution in [0, 0.1) is 17.3 Å². The number of hydrogen-bond donors (Lipinski definition) is 0. The molecule has 146 valence electrons. The Morgan fingerprint density at radius 3 is 1.79 bits per heavy atom. The second-order valence-electron chi connectivity index (χ2n) is 9.62. The molecule has 0 saturated carbocycles. The van der Waals surface area contributed by atoms with Gasteiger partial charge in [-0.25, -0.2) is 0 Å². The van der Waals surface area contributed by atoms with Crippen LogP contribution in [0.4, 0.5) is 0 Å². The summed E-state index contributed by atoms with van der Waals surface area (Å²) in [6.45, 7) is 16.0. The van der Waals surface area contributed by atoms with E-state index >= 15 is 0 Å². The van der Waals surface area contributed by atoms with Crippen LogP contribution < -0.4 is 0 Å². The van der Waals surface area contributed by atoms with Crippen LogP contribution in [0.15, 0.2) is 0 Å². The molecule has 0 aromatic heterocycles. The van der Waals surface area contributed by atoms with Crippen LogP contribution in [0.2, 0.25) is 0 Å². The first-order valence-corrected chi connectivity index (χ1v) is 10.9. The molecule has 0 aliphatic rings. The normalized spacial score (nSPS) is 13.6. The maximum Gasteiger partial charge on any atom is 0.0468 e. The van der Waals surface area contributed by atoms with Gasteiger partial charge in [0.1, 0.15) is 0 Å². The van der Waals surface area contributed by atoms with E-state index < -0.39 is 0 Å². The highest BCUT2D eigenvalue weighted by atomic mass is 16.5. The molecule has 0 radical (unpaired) electrons. The fourth-order valence-corrected chi connectivity index (χ4v) is 3.15. The van der Waals surface area contributed by atoms with Crippen molar-refractivity contribution < 1.29 is 4.74 Å². The molecule has 0 aromatic carbocycles. The van der Waals surface area contributed by atoms with E-state index in [1.165, 1.54) is 77.0 Å². The standard InChI is InChI=1S/C23H48O/c1-21(2)15-14-16-22(3)17-20-24-19-13-11-9-7-8-10-12-18-23(4,5)6/h21-22H,7-20H2,1-6H3. The van der Waals surface area contributed by atoms with E-state index in [9.17, 15) is 0 Å². The Balaban J connectivity index is 3.17. The smallest absolute Gasteiger partial charge is 0.0468 e. The third-order valence-electron chi connectivity index (χ3n) is 4.95. The lowest BCUT2D eigenvalue weighted by Crippen LogP contribution is -2.04. The van der Waals surface area contributed by atoms with E-state index in [1.807, 2.05) is 0 Å². The summed E-state index contributed by atoms with van der Waals surface area (Å²) < 4.78 is 5.81. The fourth-order valence-electron chi connectivity index (χ4n) is 3.15. The van der Waals surface area contributed by atoms with Gasteiger partial charge in [0.05, 0.1) is 0 Å². The van der Waals surface area contributed by atoms with Gasteiger partial charge in [0.2, 0.25) is 0 Å². The molecular weight excluding hydrogens is 292 g/mol. The Labute approximate surface area is 154 Å². The lowest BCUT2D eigenvalue weighted by molar-refractivity contribution is 0.116. The molecule has 1 atom stereocenters. The molecule has 0 rings (SSSR count). The van der Waals surface area contributed by atoms with E-state index in [4.69, 9.17) is 4.74 Å². The zero-order valence-corrected chi connectivity index (χ0v) is 18.0. The highest BCUT2D eigenvalue weighted by Gasteiger charge is 2.08. The van der Waals surface area contributed by atoms with Gasteiger partial charge in [0, 0.05) is 13.2 Å². The van der Waals surface area contributed by atoms with Crippen LogP contribution in [-0.4, -0.2) is 13.2 Å². The van der Waals surface area contributed by atoms with Crippen molar-refractivity contribution in [2.24, 2.45) is 17.3 Å². The molecule has 0 fully saturated rings. The molecular formula is C23H48O. The SMILES string of the molecule is CC(C)CCCC(C)CCOCCCCCCCCCC(C)(C)C. The topological polar surface area (TPSA) is 9.23 Å². The van der Waals surface area contributed by atoms with Gasteiger partial charge in [0.25, 0.3) is 0 Å². The van der Waals surface area contributed by atoms with Crippen molar-refractivity contribution in [1.82, 2.24) is 0 Å². The van der Waals surface area contributed by atoms with E-state index in [0.29, 0.717) is 5.41 Å². The number of hydrogen-bond acceptors (Lipinski definition) is 1. The third kappa shape index (κ3) is 20.0. The van der Waals surface area contributed by atoms with Crippen LogP contribution in [-0.2, 0) is 4.74 Å². The third-order valence-corrected chi connectivity index (χ3v) is 4.95. The van der Waals surface area contributed by atoms with Gasteiger partial charge < -0.3 is 4.74 Å². The molecule has 0 heterocycles. The van der Waals surface area contributed by atoms with Gasteiger partial charge in [-0.15, -0.1) is 0 Å². The van der Waals surface area contributed by atoms with Gasteiger partial charge in [-0.2, -0.15) is 0 Å². The van der Waals surface area contributed by atoms with Gasteiger partial charge in [-0.1, -0.05) is 99.3 Å². The number of ether oxygens (including phenoxy) is 1. The van der Waals surface area contributed by atoms with Crippen molar-refractivity contribution in [1.29, 1.82) is 0 Å². The Hall–Kier alpha value is -0.0400. The van der Waals surface area contributed by atoms with Crippen molar-refractivity contribution in [3.63, 3.8) is 0 Å². The maximum absolute atomic E-state index is 5.81. The summed E-state index contributed by atoms with van der Waals surface area (Å²) in [5.41, 5.74) is 0.517. The van der Waals surface area contributed by atoms with E-state index in [2.05, 4.69) is 41.5 Å². The zero-order chi connectivity index (χ0) is 18.3. The maximum atomic E-state index is 5.81. The second kappa shape index (κ2) is 15.2. The zero-order valence-electron chi connectivity index (χ0n) is 18.0. The van der Waals surface area contributed by atoms with Gasteiger partial charge in [0.15, 0.2) is 0 Å². The van der Waals surface area contributed by atoms with Gasteiger partial charge in [-0.05, 0) is 36.5 Å². The molecule has 0 aromatic rings. The first-order valence-electron chi connectivity index (χ1n) is 10.9. The minimum absolute atomic E-state index is 0.517. The van der Waals surface area contributed by atoms with Gasteiger partial charge in [-0.3, -0.25) is 0 Å². The molecule has 0 spiro atoms. The van der Waals surface area contributed by atoms with Crippen molar-refractivity contribution >= 4 is 0 Å². The van der Waals surface area contributed by atoms with Crippen molar-refractivity contribution in [2.45, 2.75) is 119 Å². The predicted octanol–water partition coefficient (Wildman–Crippen LogP) is 8.02. The fraction of sp³-hybridized carbons (Fsp3) is 1.00. The van der Waals surface area contributed by atoms with Crippen molar-refractivity contribution in [3.05, 3.63) is 0 Å². The Kier molecular flexibility index (Phi) is 15.2. The quantitative estimate of drug-likeness (QED) is 0.258. The summed E-state index contributed by atoms with van der Waals surface area (Å²) in [6.07, 6.45) is 16.4. The highest BCUT2D eigenvalue weighted by Crippen LogP contribution is 2.22. The Morgan fingerprint density at radius 2 is 1.21 bits per heavy atom. The van der Waals surface area contributed by atoms with E-state index in [0.717, 1.165) is 25.0 Å². The van der Waals surface area contributed by atoms with E-state index in [-0.39, 0.29) is 0 Å². The van der Waals surface area contributed by atoms with Crippen LogP contribution >= 0.6 is 0 Å². The van der Waals surface area contributed by atoms with E-state index in [1.54, 1.807) is 0 Å². The van der Waals surface area contributed by atoms with Crippen LogP contribution in [0.1, 0.15) is 119 Å². The van der Waals surface area contributed by atoms with Crippen molar-refractivity contribution in [3.8, 4) is 0 Å². The number of unbranched alkanes of at least 4 members (excludes halogenated alkanes) is 6.